The van der Waals surface area contributed by atoms with Crippen LogP contribution in [0.4, 0.5) is 10.1 Å². The maximum absolute atomic E-state index is 13.8. The van der Waals surface area contributed by atoms with E-state index < -0.39 is 5.82 Å². The summed E-state index contributed by atoms with van der Waals surface area (Å²) >= 11 is 0. The van der Waals surface area contributed by atoms with Crippen molar-refractivity contribution in [3.63, 3.8) is 0 Å². The Morgan fingerprint density at radius 2 is 2.26 bits per heavy atom. The minimum absolute atomic E-state index is 0.138. The van der Waals surface area contributed by atoms with Crippen LogP contribution in [0.25, 0.3) is 0 Å². The van der Waals surface area contributed by atoms with Crippen molar-refractivity contribution in [2.75, 3.05) is 38.2 Å². The van der Waals surface area contributed by atoms with Gasteiger partial charge in [0.05, 0.1) is 17.9 Å². The molecule has 0 atom stereocenters. The molecule has 5 heteroatoms. The van der Waals surface area contributed by atoms with E-state index in [1.807, 2.05) is 6.92 Å². The molecule has 2 rings (SSSR count). The third-order valence-corrected chi connectivity index (χ3v) is 3.11. The Balaban J connectivity index is 2.24. The fourth-order valence-corrected chi connectivity index (χ4v) is 2.18. The topological polar surface area (TPSA) is 41.6 Å². The average molecular weight is 266 g/mol. The molecule has 1 N–H and O–H groups in total. The van der Waals surface area contributed by atoms with Crippen molar-refractivity contribution in [3.8, 4) is 0 Å². The summed E-state index contributed by atoms with van der Waals surface area (Å²) in [5.41, 5.74) is 0.684. The lowest BCUT2D eigenvalue weighted by atomic mass is 10.1. The number of hydrogen-bond acceptors (Lipinski definition) is 3. The van der Waals surface area contributed by atoms with Crippen LogP contribution in [-0.2, 0) is 4.74 Å². The quantitative estimate of drug-likeness (QED) is 0.911. The molecule has 1 aromatic carbocycles. The highest BCUT2D eigenvalue weighted by Crippen LogP contribution is 2.21. The first-order valence-corrected chi connectivity index (χ1v) is 6.63. The lowest BCUT2D eigenvalue weighted by molar-refractivity contribution is 0.0742. The summed E-state index contributed by atoms with van der Waals surface area (Å²) in [6.45, 7) is 4.87. The molecule has 0 aliphatic carbocycles. The van der Waals surface area contributed by atoms with Gasteiger partial charge in [0.15, 0.2) is 0 Å². The third kappa shape index (κ3) is 3.23. The number of hydrogen-bond donors (Lipinski definition) is 1. The van der Waals surface area contributed by atoms with Crippen molar-refractivity contribution in [2.45, 2.75) is 13.3 Å². The number of anilines is 1. The Morgan fingerprint density at radius 3 is 3.05 bits per heavy atom. The van der Waals surface area contributed by atoms with Crippen LogP contribution in [0.3, 0.4) is 0 Å². The zero-order valence-corrected chi connectivity index (χ0v) is 11.1. The van der Waals surface area contributed by atoms with Crippen molar-refractivity contribution in [2.24, 2.45) is 0 Å². The molecule has 0 saturated carbocycles. The molecule has 4 nitrogen and oxygen atoms in total. The lowest BCUT2D eigenvalue weighted by Crippen LogP contribution is -2.33. The number of carbonyl (C=O) groups excluding carboxylic acids is 1. The standard InChI is InChI=1S/C14H19FN2O2/c1-2-16-13-11(5-3-6-12(13)15)14(18)17-7-4-9-19-10-8-17/h3,5-6,16H,2,4,7-10H2,1H3. The maximum Gasteiger partial charge on any atom is 0.256 e. The third-order valence-electron chi connectivity index (χ3n) is 3.11. The minimum Gasteiger partial charge on any atom is -0.382 e. The molecule has 1 amide bonds. The highest BCUT2D eigenvalue weighted by Gasteiger charge is 2.21. The van der Waals surface area contributed by atoms with Gasteiger partial charge in [-0.05, 0) is 25.5 Å². The molecule has 0 spiro atoms. The Bertz CT molecular complexity index is 443. The van der Waals surface area contributed by atoms with E-state index in [0.717, 1.165) is 6.42 Å². The molecule has 1 heterocycles. The summed E-state index contributed by atoms with van der Waals surface area (Å²) in [5.74, 6) is -0.528. The first kappa shape index (κ1) is 13.8. The van der Waals surface area contributed by atoms with Gasteiger partial charge in [0, 0.05) is 26.2 Å². The summed E-state index contributed by atoms with van der Waals surface area (Å²) in [4.78, 5) is 14.2. The normalized spacial score (nSPS) is 16.0. The molecule has 1 aliphatic heterocycles. The SMILES string of the molecule is CCNc1c(F)cccc1C(=O)N1CCCOCC1. The average Bonchev–Trinajstić information content (AvgIpc) is 2.69. The monoisotopic (exact) mass is 266 g/mol. The first-order chi connectivity index (χ1) is 9.24. The Morgan fingerprint density at radius 1 is 1.42 bits per heavy atom. The Hall–Kier alpha value is -1.62. The second-order valence-electron chi connectivity index (χ2n) is 4.45. The zero-order valence-electron chi connectivity index (χ0n) is 11.1. The summed E-state index contributed by atoms with van der Waals surface area (Å²) in [6, 6.07) is 4.59. The molecule has 0 bridgehead atoms. The van der Waals surface area contributed by atoms with Gasteiger partial charge in [0.2, 0.25) is 0 Å². The molecule has 1 aliphatic rings. The van der Waals surface area contributed by atoms with Gasteiger partial charge in [-0.15, -0.1) is 0 Å². The van der Waals surface area contributed by atoms with Crippen LogP contribution in [0.1, 0.15) is 23.7 Å². The number of nitrogens with zero attached hydrogens (tertiary/aromatic N) is 1. The van der Waals surface area contributed by atoms with Crippen LogP contribution < -0.4 is 5.32 Å². The smallest absolute Gasteiger partial charge is 0.256 e. The van der Waals surface area contributed by atoms with Crippen LogP contribution in [-0.4, -0.2) is 43.7 Å². The minimum atomic E-state index is -0.390. The van der Waals surface area contributed by atoms with E-state index in [4.69, 9.17) is 4.74 Å². The van der Waals surface area contributed by atoms with Crippen molar-refractivity contribution >= 4 is 11.6 Å². The molecular formula is C14H19FN2O2. The Kier molecular flexibility index (Phi) is 4.74. The van der Waals surface area contributed by atoms with E-state index in [-0.39, 0.29) is 5.91 Å². The Labute approximate surface area is 112 Å². The summed E-state index contributed by atoms with van der Waals surface area (Å²) < 4.78 is 19.1. The van der Waals surface area contributed by atoms with Crippen molar-refractivity contribution in [1.82, 2.24) is 4.90 Å². The van der Waals surface area contributed by atoms with E-state index in [9.17, 15) is 9.18 Å². The van der Waals surface area contributed by atoms with E-state index in [1.165, 1.54) is 6.07 Å². The van der Waals surface area contributed by atoms with Crippen LogP contribution in [0.15, 0.2) is 18.2 Å². The van der Waals surface area contributed by atoms with Gasteiger partial charge in [0.25, 0.3) is 5.91 Å². The van der Waals surface area contributed by atoms with E-state index in [1.54, 1.807) is 17.0 Å². The maximum atomic E-state index is 13.8. The molecule has 1 saturated heterocycles. The largest absolute Gasteiger partial charge is 0.382 e. The van der Waals surface area contributed by atoms with Crippen LogP contribution in [0, 0.1) is 5.82 Å². The fraction of sp³-hybridized carbons (Fsp3) is 0.500. The number of amides is 1. The molecule has 0 unspecified atom stereocenters. The number of halogens is 1. The van der Waals surface area contributed by atoms with Gasteiger partial charge in [0.1, 0.15) is 5.82 Å². The second kappa shape index (κ2) is 6.52. The van der Waals surface area contributed by atoms with Gasteiger partial charge >= 0.3 is 0 Å². The van der Waals surface area contributed by atoms with Crippen molar-refractivity contribution in [3.05, 3.63) is 29.6 Å². The zero-order chi connectivity index (χ0) is 13.7. The number of benzene rings is 1. The van der Waals surface area contributed by atoms with Gasteiger partial charge in [-0.2, -0.15) is 0 Å². The number of nitrogens with one attached hydrogen (secondary N) is 1. The second-order valence-corrected chi connectivity index (χ2v) is 4.45. The molecule has 1 aromatic rings. The van der Waals surface area contributed by atoms with Crippen LogP contribution in [0.5, 0.6) is 0 Å². The molecule has 0 radical (unpaired) electrons. The summed E-state index contributed by atoms with van der Waals surface area (Å²) in [7, 11) is 0. The number of para-hydroxylation sites is 1. The van der Waals surface area contributed by atoms with E-state index >= 15 is 0 Å². The van der Waals surface area contributed by atoms with Gasteiger partial charge in [-0.3, -0.25) is 4.79 Å². The van der Waals surface area contributed by atoms with Gasteiger partial charge < -0.3 is 15.0 Å². The number of rotatable bonds is 3. The summed E-state index contributed by atoms with van der Waals surface area (Å²) in [6.07, 6.45) is 0.817. The molecule has 104 valence electrons. The molecule has 1 fully saturated rings. The first-order valence-electron chi connectivity index (χ1n) is 6.63. The lowest BCUT2D eigenvalue weighted by Gasteiger charge is -2.21. The van der Waals surface area contributed by atoms with Crippen LogP contribution in [0.2, 0.25) is 0 Å². The fourth-order valence-electron chi connectivity index (χ4n) is 2.18. The van der Waals surface area contributed by atoms with E-state index in [0.29, 0.717) is 44.1 Å². The highest BCUT2D eigenvalue weighted by molar-refractivity contribution is 5.99. The van der Waals surface area contributed by atoms with Crippen LogP contribution >= 0.6 is 0 Å². The van der Waals surface area contributed by atoms with Crippen molar-refractivity contribution < 1.29 is 13.9 Å². The van der Waals surface area contributed by atoms with E-state index in [2.05, 4.69) is 5.32 Å². The number of carbonyl (C=O) groups is 1. The summed E-state index contributed by atoms with van der Waals surface area (Å²) in [5, 5.41) is 2.93. The number of ether oxygens (including phenoxy) is 1. The highest BCUT2D eigenvalue weighted by atomic mass is 19.1. The van der Waals surface area contributed by atoms with Gasteiger partial charge in [-0.1, -0.05) is 6.07 Å². The molecule has 19 heavy (non-hydrogen) atoms. The molecule has 0 aromatic heterocycles. The van der Waals surface area contributed by atoms with Gasteiger partial charge in [-0.25, -0.2) is 4.39 Å². The van der Waals surface area contributed by atoms with Crippen molar-refractivity contribution in [1.29, 1.82) is 0 Å². The predicted octanol–water partition coefficient (Wildman–Crippen LogP) is 2.12. The molecular weight excluding hydrogens is 247 g/mol. The predicted molar refractivity (Wildman–Crippen MR) is 71.9 cm³/mol.